The van der Waals surface area contributed by atoms with Gasteiger partial charge in [0.05, 0.1) is 11.3 Å². The minimum Gasteiger partial charge on any atom is -0.385 e. The van der Waals surface area contributed by atoms with Crippen molar-refractivity contribution in [3.8, 4) is 0 Å². The fourth-order valence-corrected chi connectivity index (χ4v) is 1.80. The van der Waals surface area contributed by atoms with E-state index in [0.29, 0.717) is 18.7 Å². The van der Waals surface area contributed by atoms with Crippen LogP contribution in [0.25, 0.3) is 0 Å². The molecule has 1 aromatic rings. The topological polar surface area (TPSA) is 63.2 Å². The van der Waals surface area contributed by atoms with Gasteiger partial charge in [0.1, 0.15) is 0 Å². The fraction of sp³-hybridized carbons (Fsp3) is 0.600. The van der Waals surface area contributed by atoms with Crippen molar-refractivity contribution in [2.45, 2.75) is 33.6 Å². The Bertz CT molecular complexity index is 422. The maximum atomic E-state index is 12.1. The molecule has 112 valence electrons. The lowest BCUT2D eigenvalue weighted by Crippen LogP contribution is -2.26. The second-order valence-corrected chi connectivity index (χ2v) is 4.62. The highest BCUT2D eigenvalue weighted by Gasteiger charge is 2.11. The molecule has 0 saturated heterocycles. The van der Waals surface area contributed by atoms with Crippen LogP contribution in [0.1, 0.15) is 42.7 Å². The number of ether oxygens (including phenoxy) is 1. The van der Waals surface area contributed by atoms with Crippen molar-refractivity contribution in [1.29, 1.82) is 0 Å². The van der Waals surface area contributed by atoms with Crippen LogP contribution in [0, 0.1) is 6.92 Å². The zero-order valence-electron chi connectivity index (χ0n) is 12.7. The Morgan fingerprint density at radius 1 is 1.35 bits per heavy atom. The number of aromatic nitrogens is 1. The first-order valence-electron chi connectivity index (χ1n) is 7.25. The molecule has 0 radical (unpaired) electrons. The highest BCUT2D eigenvalue weighted by atomic mass is 16.5. The monoisotopic (exact) mass is 279 g/mol. The van der Waals surface area contributed by atoms with Crippen LogP contribution in [0.5, 0.6) is 0 Å². The maximum absolute atomic E-state index is 12.1. The van der Waals surface area contributed by atoms with Crippen molar-refractivity contribution in [3.63, 3.8) is 0 Å². The average molecular weight is 279 g/mol. The fourth-order valence-electron chi connectivity index (χ4n) is 1.80. The predicted octanol–water partition coefficient (Wildman–Crippen LogP) is 2.37. The second kappa shape index (κ2) is 9.31. The van der Waals surface area contributed by atoms with Gasteiger partial charge < -0.3 is 15.4 Å². The Hall–Kier alpha value is -1.62. The molecule has 0 aliphatic carbocycles. The van der Waals surface area contributed by atoms with E-state index < -0.39 is 0 Å². The molecule has 0 aliphatic heterocycles. The van der Waals surface area contributed by atoms with Gasteiger partial charge in [-0.15, -0.1) is 0 Å². The first-order valence-corrected chi connectivity index (χ1v) is 7.25. The zero-order valence-corrected chi connectivity index (χ0v) is 12.7. The number of rotatable bonds is 9. The van der Waals surface area contributed by atoms with Crippen molar-refractivity contribution in [3.05, 3.63) is 23.5 Å². The van der Waals surface area contributed by atoms with Crippen molar-refractivity contribution in [2.75, 3.05) is 31.6 Å². The number of aryl methyl sites for hydroxylation is 1. The summed E-state index contributed by atoms with van der Waals surface area (Å²) in [7, 11) is 0. The summed E-state index contributed by atoms with van der Waals surface area (Å²) in [6, 6.07) is 1.89. The van der Waals surface area contributed by atoms with E-state index in [0.717, 1.165) is 37.4 Å². The van der Waals surface area contributed by atoms with E-state index in [1.165, 1.54) is 0 Å². The zero-order chi connectivity index (χ0) is 14.8. The molecule has 0 fully saturated rings. The Labute approximate surface area is 121 Å². The molecule has 0 spiro atoms. The summed E-state index contributed by atoms with van der Waals surface area (Å²) in [5.74, 6) is -0.0936. The molecule has 0 atom stereocenters. The predicted molar refractivity (Wildman–Crippen MR) is 81.2 cm³/mol. The summed E-state index contributed by atoms with van der Waals surface area (Å²) >= 11 is 0. The minimum absolute atomic E-state index is 0.0936. The van der Waals surface area contributed by atoms with Gasteiger partial charge in [0.2, 0.25) is 0 Å². The van der Waals surface area contributed by atoms with Crippen LogP contribution in [-0.4, -0.2) is 37.2 Å². The molecule has 0 saturated carbocycles. The number of pyridine rings is 1. The smallest absolute Gasteiger partial charge is 0.254 e. The molecule has 0 unspecified atom stereocenters. The standard InChI is InChI=1S/C15H25N3O2/c1-4-8-20-9-6-7-17-15(19)13-11-18-12(3)10-14(13)16-5-2/h10-11H,4-9H2,1-3H3,(H,16,18)(H,17,19). The van der Waals surface area contributed by atoms with E-state index in [4.69, 9.17) is 4.74 Å². The average Bonchev–Trinajstić information content (AvgIpc) is 2.43. The van der Waals surface area contributed by atoms with Gasteiger partial charge in [-0.1, -0.05) is 6.92 Å². The second-order valence-electron chi connectivity index (χ2n) is 4.62. The van der Waals surface area contributed by atoms with Gasteiger partial charge in [-0.2, -0.15) is 0 Å². The third-order valence-electron chi connectivity index (χ3n) is 2.75. The molecule has 1 aromatic heterocycles. The number of amides is 1. The summed E-state index contributed by atoms with van der Waals surface area (Å²) in [6.07, 6.45) is 3.46. The summed E-state index contributed by atoms with van der Waals surface area (Å²) in [5.41, 5.74) is 2.32. The van der Waals surface area contributed by atoms with E-state index in [1.807, 2.05) is 19.9 Å². The lowest BCUT2D eigenvalue weighted by Gasteiger charge is -2.11. The largest absolute Gasteiger partial charge is 0.385 e. The third kappa shape index (κ3) is 5.57. The molecule has 5 nitrogen and oxygen atoms in total. The SMILES string of the molecule is CCCOCCCNC(=O)c1cnc(C)cc1NCC. The molecule has 1 amide bonds. The molecule has 5 heteroatoms. The van der Waals surface area contributed by atoms with Crippen LogP contribution in [0.2, 0.25) is 0 Å². The van der Waals surface area contributed by atoms with Crippen molar-refractivity contribution in [2.24, 2.45) is 0 Å². The molecule has 0 bridgehead atoms. The van der Waals surface area contributed by atoms with Crippen molar-refractivity contribution >= 4 is 11.6 Å². The number of hydrogen-bond acceptors (Lipinski definition) is 4. The van der Waals surface area contributed by atoms with Crippen LogP contribution in [0.15, 0.2) is 12.3 Å². The quantitative estimate of drug-likeness (QED) is 0.681. The van der Waals surface area contributed by atoms with Crippen LogP contribution >= 0.6 is 0 Å². The van der Waals surface area contributed by atoms with Gasteiger partial charge in [0.15, 0.2) is 0 Å². The van der Waals surface area contributed by atoms with Crippen LogP contribution in [0.3, 0.4) is 0 Å². The molecular weight excluding hydrogens is 254 g/mol. The van der Waals surface area contributed by atoms with E-state index >= 15 is 0 Å². The lowest BCUT2D eigenvalue weighted by molar-refractivity contribution is 0.0942. The van der Waals surface area contributed by atoms with Crippen molar-refractivity contribution < 1.29 is 9.53 Å². The number of carbonyl (C=O) groups is 1. The van der Waals surface area contributed by atoms with E-state index in [1.54, 1.807) is 6.20 Å². The van der Waals surface area contributed by atoms with Gasteiger partial charge in [-0.05, 0) is 32.8 Å². The molecule has 1 heterocycles. The van der Waals surface area contributed by atoms with Gasteiger partial charge in [-0.3, -0.25) is 9.78 Å². The first kappa shape index (κ1) is 16.4. The highest BCUT2D eigenvalue weighted by molar-refractivity contribution is 5.99. The molecule has 20 heavy (non-hydrogen) atoms. The Kier molecular flexibility index (Phi) is 7.65. The van der Waals surface area contributed by atoms with Crippen LogP contribution < -0.4 is 10.6 Å². The number of nitrogens with one attached hydrogen (secondary N) is 2. The maximum Gasteiger partial charge on any atom is 0.254 e. The molecule has 1 rings (SSSR count). The summed E-state index contributed by atoms with van der Waals surface area (Å²) in [4.78, 5) is 16.3. The van der Waals surface area contributed by atoms with Gasteiger partial charge in [0.25, 0.3) is 5.91 Å². The highest BCUT2D eigenvalue weighted by Crippen LogP contribution is 2.15. The normalized spacial score (nSPS) is 10.3. The molecule has 0 aliphatic rings. The first-order chi connectivity index (χ1) is 9.69. The van der Waals surface area contributed by atoms with Crippen LogP contribution in [-0.2, 0) is 4.74 Å². The minimum atomic E-state index is -0.0936. The van der Waals surface area contributed by atoms with Gasteiger partial charge in [0, 0.05) is 38.2 Å². The lowest BCUT2D eigenvalue weighted by atomic mass is 10.2. The summed E-state index contributed by atoms with van der Waals surface area (Å²) in [5, 5.41) is 6.09. The Morgan fingerprint density at radius 3 is 2.85 bits per heavy atom. The third-order valence-corrected chi connectivity index (χ3v) is 2.75. The summed E-state index contributed by atoms with van der Waals surface area (Å²) in [6.45, 7) is 8.84. The number of anilines is 1. The number of nitrogens with zero attached hydrogens (tertiary/aromatic N) is 1. The van der Waals surface area contributed by atoms with Crippen molar-refractivity contribution in [1.82, 2.24) is 10.3 Å². The molecular formula is C15H25N3O2. The Balaban J connectivity index is 2.46. The van der Waals surface area contributed by atoms with E-state index in [-0.39, 0.29) is 5.91 Å². The van der Waals surface area contributed by atoms with E-state index in [9.17, 15) is 4.79 Å². The molecule has 2 N–H and O–H groups in total. The Morgan fingerprint density at radius 2 is 2.15 bits per heavy atom. The summed E-state index contributed by atoms with van der Waals surface area (Å²) < 4.78 is 5.37. The van der Waals surface area contributed by atoms with E-state index in [2.05, 4.69) is 22.5 Å². The van der Waals surface area contributed by atoms with Gasteiger partial charge in [-0.25, -0.2) is 0 Å². The number of hydrogen-bond donors (Lipinski definition) is 2. The number of carbonyl (C=O) groups excluding carboxylic acids is 1. The molecule has 0 aromatic carbocycles. The van der Waals surface area contributed by atoms with Crippen LogP contribution in [0.4, 0.5) is 5.69 Å². The van der Waals surface area contributed by atoms with Gasteiger partial charge >= 0.3 is 0 Å².